The Morgan fingerprint density at radius 1 is 1.36 bits per heavy atom. The van der Waals surface area contributed by atoms with Gasteiger partial charge in [0, 0.05) is 5.69 Å². The Hall–Kier alpha value is -0.0700. The van der Waals surface area contributed by atoms with Gasteiger partial charge in [-0.05, 0) is 24.3 Å². The van der Waals surface area contributed by atoms with Crippen molar-refractivity contribution in [3.05, 3.63) is 24.3 Å². The molecule has 0 aliphatic rings. The van der Waals surface area contributed by atoms with Gasteiger partial charge in [0.25, 0.3) is 0 Å². The summed E-state index contributed by atoms with van der Waals surface area (Å²) < 4.78 is 14.4. The predicted octanol–water partition coefficient (Wildman–Crippen LogP) is -3.71. The van der Waals surface area contributed by atoms with Crippen molar-refractivity contribution in [1.82, 2.24) is 0 Å². The van der Waals surface area contributed by atoms with Crippen molar-refractivity contribution in [3.8, 4) is 5.75 Å². The van der Waals surface area contributed by atoms with E-state index in [0.29, 0.717) is 5.69 Å². The molecule has 14 heavy (non-hydrogen) atoms. The average Bonchev–Trinajstić information content (AvgIpc) is 1.91. The normalized spacial score (nSPS) is 13.0. The molecule has 1 unspecified atom stereocenters. The molecule has 0 amide bonds. The molecule has 1 aromatic carbocycles. The van der Waals surface area contributed by atoms with Gasteiger partial charge < -0.3 is 25.5 Å². The van der Waals surface area contributed by atoms with Gasteiger partial charge in [-0.1, -0.05) is 0 Å². The topological polar surface area (TPSA) is 127 Å². The van der Waals surface area contributed by atoms with Gasteiger partial charge in [-0.2, -0.15) is 0 Å². The van der Waals surface area contributed by atoms with E-state index in [2.05, 4.69) is 4.52 Å². The molecule has 0 aromatic heterocycles. The number of nitrogens with two attached hydrogens (primary N) is 1. The quantitative estimate of drug-likeness (QED) is 0.306. The third-order valence-corrected chi connectivity index (χ3v) is 1.54. The number of phosphoric acid groups is 1. The zero-order valence-corrected chi connectivity index (χ0v) is 10.4. The second-order valence-corrected chi connectivity index (χ2v) is 3.25. The van der Waals surface area contributed by atoms with Crippen LogP contribution in [-0.2, 0) is 4.57 Å². The smallest absolute Gasteiger partial charge is 0.746 e. The van der Waals surface area contributed by atoms with E-state index < -0.39 is 7.82 Å². The Kier molecular flexibility index (Phi) is 7.50. The van der Waals surface area contributed by atoms with Crippen molar-refractivity contribution in [2.45, 2.75) is 0 Å². The maximum atomic E-state index is 10.2. The summed E-state index contributed by atoms with van der Waals surface area (Å²) in [4.78, 5) is 18.5. The van der Waals surface area contributed by atoms with Crippen LogP contribution in [0.5, 0.6) is 5.75 Å². The Labute approximate surface area is 103 Å². The van der Waals surface area contributed by atoms with Gasteiger partial charge in [0.15, 0.2) is 0 Å². The summed E-state index contributed by atoms with van der Waals surface area (Å²) in [6.45, 7) is 0. The summed E-state index contributed by atoms with van der Waals surface area (Å²) in [6, 6.07) is 5.61. The van der Waals surface area contributed by atoms with Gasteiger partial charge in [0.05, 0.1) is 0 Å². The number of hydrogen-bond donors (Lipinski definition) is 2. The third-order valence-electron chi connectivity index (χ3n) is 1.10. The van der Waals surface area contributed by atoms with Crippen LogP contribution in [-0.4, -0.2) is 10.4 Å². The van der Waals surface area contributed by atoms with Gasteiger partial charge in [0.1, 0.15) is 5.75 Å². The SMILES string of the molecule is Nc1ccc(OP(=O)([O-])O)cc1.O.[Na+]. The minimum atomic E-state index is -4.69. The molecule has 0 saturated carbocycles. The van der Waals surface area contributed by atoms with E-state index >= 15 is 0 Å². The fraction of sp³-hybridized carbons (Fsp3) is 0. The fourth-order valence-electron chi connectivity index (χ4n) is 0.662. The summed E-state index contributed by atoms with van der Waals surface area (Å²) in [7, 11) is -4.69. The zero-order valence-electron chi connectivity index (χ0n) is 7.51. The molecule has 5 N–H and O–H groups in total. The first-order chi connectivity index (χ1) is 5.47. The third kappa shape index (κ3) is 6.39. The summed E-state index contributed by atoms with van der Waals surface area (Å²) in [5.74, 6) is 0.0324. The number of benzene rings is 1. The van der Waals surface area contributed by atoms with E-state index in [1.54, 1.807) is 0 Å². The van der Waals surface area contributed by atoms with E-state index in [9.17, 15) is 9.46 Å². The molecule has 0 spiro atoms. The van der Waals surface area contributed by atoms with Gasteiger partial charge in [0.2, 0.25) is 0 Å². The van der Waals surface area contributed by atoms with Crippen LogP contribution in [0, 0.1) is 0 Å². The first kappa shape index (κ1) is 16.4. The van der Waals surface area contributed by atoms with E-state index in [1.165, 1.54) is 24.3 Å². The summed E-state index contributed by atoms with van der Waals surface area (Å²) >= 11 is 0. The Morgan fingerprint density at radius 3 is 2.14 bits per heavy atom. The molecule has 1 atom stereocenters. The molecular formula is C6H9NNaO5P. The largest absolute Gasteiger partial charge is 1.00 e. The Morgan fingerprint density at radius 2 is 1.79 bits per heavy atom. The maximum absolute atomic E-state index is 10.2. The number of phosphoric ester groups is 1. The van der Waals surface area contributed by atoms with Crippen LogP contribution in [0.15, 0.2) is 24.3 Å². The Bertz CT molecular complexity index is 311. The standard InChI is InChI=1S/C6H8NO4P.Na.H2O/c7-5-1-3-6(4-2-5)11-12(8,9)10;;/h1-4H,7H2,(H2,8,9,10);;1H2/q;+1;/p-1. The monoisotopic (exact) mass is 229 g/mol. The first-order valence-electron chi connectivity index (χ1n) is 3.06. The van der Waals surface area contributed by atoms with Crippen LogP contribution in [0.25, 0.3) is 0 Å². The summed E-state index contributed by atoms with van der Waals surface area (Å²) in [5, 5.41) is 0. The maximum Gasteiger partial charge on any atom is 1.00 e. The molecule has 0 bridgehead atoms. The molecular weight excluding hydrogens is 220 g/mol. The van der Waals surface area contributed by atoms with Crippen molar-refractivity contribution in [2.24, 2.45) is 0 Å². The van der Waals surface area contributed by atoms with Crippen LogP contribution in [0.2, 0.25) is 0 Å². The van der Waals surface area contributed by atoms with Crippen LogP contribution in [0.1, 0.15) is 0 Å². The van der Waals surface area contributed by atoms with Crippen LogP contribution >= 0.6 is 7.82 Å². The van der Waals surface area contributed by atoms with Crippen LogP contribution < -0.4 is 44.7 Å². The second-order valence-electron chi connectivity index (χ2n) is 2.13. The molecule has 1 aromatic rings. The molecule has 8 heteroatoms. The number of anilines is 1. The molecule has 0 heterocycles. The van der Waals surface area contributed by atoms with Gasteiger partial charge in [-0.3, -0.25) is 4.57 Å². The minimum Gasteiger partial charge on any atom is -0.746 e. The van der Waals surface area contributed by atoms with Gasteiger partial charge in [-0.15, -0.1) is 0 Å². The van der Waals surface area contributed by atoms with Crippen LogP contribution in [0.3, 0.4) is 0 Å². The molecule has 0 fully saturated rings. The summed E-state index contributed by atoms with van der Waals surface area (Å²) in [5.41, 5.74) is 5.81. The average molecular weight is 229 g/mol. The van der Waals surface area contributed by atoms with E-state index in [0.717, 1.165) is 0 Å². The predicted molar refractivity (Wildman–Crippen MR) is 44.9 cm³/mol. The van der Waals surface area contributed by atoms with E-state index in [4.69, 9.17) is 10.6 Å². The Balaban J connectivity index is 0. The number of rotatable bonds is 2. The molecule has 6 nitrogen and oxygen atoms in total. The molecule has 0 aliphatic carbocycles. The van der Waals surface area contributed by atoms with Gasteiger partial charge in [-0.25, -0.2) is 0 Å². The number of hydrogen-bond acceptors (Lipinski definition) is 4. The zero-order chi connectivity index (χ0) is 9.19. The van der Waals surface area contributed by atoms with Crippen molar-refractivity contribution >= 4 is 13.5 Å². The van der Waals surface area contributed by atoms with Crippen LogP contribution in [0.4, 0.5) is 5.69 Å². The van der Waals surface area contributed by atoms with E-state index in [1.807, 2.05) is 0 Å². The van der Waals surface area contributed by atoms with Crippen molar-refractivity contribution in [1.29, 1.82) is 0 Å². The molecule has 0 radical (unpaired) electrons. The van der Waals surface area contributed by atoms with E-state index in [-0.39, 0.29) is 40.8 Å². The van der Waals surface area contributed by atoms with Crippen molar-refractivity contribution < 1.29 is 53.9 Å². The fourth-order valence-corrected chi connectivity index (χ4v) is 1.05. The minimum absolute atomic E-state index is 0. The van der Waals surface area contributed by atoms with Crippen molar-refractivity contribution in [3.63, 3.8) is 0 Å². The molecule has 0 aliphatic heterocycles. The van der Waals surface area contributed by atoms with Crippen molar-refractivity contribution in [2.75, 3.05) is 5.73 Å². The number of nitrogen functional groups attached to an aromatic ring is 1. The first-order valence-corrected chi connectivity index (χ1v) is 4.56. The van der Waals surface area contributed by atoms with Gasteiger partial charge >= 0.3 is 37.4 Å². The summed E-state index contributed by atoms with van der Waals surface area (Å²) in [6.07, 6.45) is 0. The molecule has 74 valence electrons. The second kappa shape index (κ2) is 6.42. The molecule has 0 saturated heterocycles. The molecule has 1 rings (SSSR count).